The van der Waals surface area contributed by atoms with Crippen molar-refractivity contribution in [3.8, 4) is 0 Å². The lowest BCUT2D eigenvalue weighted by Crippen LogP contribution is -2.59. The van der Waals surface area contributed by atoms with E-state index in [0.717, 1.165) is 11.1 Å². The molecule has 0 aliphatic carbocycles. The lowest BCUT2D eigenvalue weighted by atomic mass is 9.71. The van der Waals surface area contributed by atoms with Gasteiger partial charge in [0.15, 0.2) is 0 Å². The number of aliphatic hydroxyl groups is 1. The Morgan fingerprint density at radius 1 is 1.07 bits per heavy atom. The second kappa shape index (κ2) is 7.76. The van der Waals surface area contributed by atoms with E-state index in [0.29, 0.717) is 6.54 Å². The third-order valence-electron chi connectivity index (χ3n) is 5.96. The first-order valence-corrected chi connectivity index (χ1v) is 9.58. The van der Waals surface area contributed by atoms with Gasteiger partial charge in [0.1, 0.15) is 5.41 Å². The molecule has 1 unspecified atom stereocenters. The van der Waals surface area contributed by atoms with Gasteiger partial charge in [-0.25, -0.2) is 0 Å². The number of carboxylic acid groups (broad SMARTS) is 1. The largest absolute Gasteiger partial charge is 0.481 e. The number of aliphatic hydroxyl groups excluding tert-OH is 1. The van der Waals surface area contributed by atoms with Crippen molar-refractivity contribution < 1.29 is 19.8 Å². The SMILES string of the molecule is CC(C)(C(=O)N1CC[C@](Cc2ccccc2)(C(=O)O)C(O)C1)c1ccccc1. The van der Waals surface area contributed by atoms with Crippen LogP contribution in [0.1, 0.15) is 31.4 Å². The van der Waals surface area contributed by atoms with Crippen LogP contribution in [0, 0.1) is 5.41 Å². The fourth-order valence-electron chi connectivity index (χ4n) is 4.03. The predicted molar refractivity (Wildman–Crippen MR) is 107 cm³/mol. The Bertz CT molecular complexity index is 834. The monoisotopic (exact) mass is 381 g/mol. The van der Waals surface area contributed by atoms with Gasteiger partial charge in [-0.2, -0.15) is 0 Å². The minimum Gasteiger partial charge on any atom is -0.481 e. The van der Waals surface area contributed by atoms with Crippen molar-refractivity contribution in [2.75, 3.05) is 13.1 Å². The van der Waals surface area contributed by atoms with Crippen LogP contribution in [0.15, 0.2) is 60.7 Å². The molecule has 1 aliphatic heterocycles. The zero-order valence-electron chi connectivity index (χ0n) is 16.3. The molecule has 2 aromatic carbocycles. The lowest BCUT2D eigenvalue weighted by molar-refractivity contribution is -0.167. The number of carbonyl (C=O) groups excluding carboxylic acids is 1. The number of aliphatic carboxylic acids is 1. The van der Waals surface area contributed by atoms with Crippen molar-refractivity contribution >= 4 is 11.9 Å². The second-order valence-corrected chi connectivity index (χ2v) is 8.13. The van der Waals surface area contributed by atoms with Crippen molar-refractivity contribution in [2.45, 2.75) is 38.2 Å². The molecule has 2 atom stereocenters. The lowest BCUT2D eigenvalue weighted by Gasteiger charge is -2.44. The molecule has 0 saturated carbocycles. The summed E-state index contributed by atoms with van der Waals surface area (Å²) in [5.74, 6) is -1.12. The molecule has 0 spiro atoms. The van der Waals surface area contributed by atoms with Crippen LogP contribution in [-0.2, 0) is 21.4 Å². The molecule has 2 N–H and O–H groups in total. The van der Waals surface area contributed by atoms with Gasteiger partial charge >= 0.3 is 5.97 Å². The van der Waals surface area contributed by atoms with Gasteiger partial charge in [-0.05, 0) is 37.8 Å². The molecule has 2 aromatic rings. The standard InChI is InChI=1S/C23H27NO4/c1-22(2,18-11-7-4-8-12-18)20(26)24-14-13-23(21(27)28,19(25)16-24)15-17-9-5-3-6-10-17/h3-12,19,25H,13-16H2,1-2H3,(H,27,28)/t19?,23-/m1/s1. The Kier molecular flexibility index (Phi) is 5.57. The van der Waals surface area contributed by atoms with E-state index in [4.69, 9.17) is 0 Å². The Balaban J connectivity index is 1.79. The van der Waals surface area contributed by atoms with Crippen LogP contribution in [-0.4, -0.2) is 46.2 Å². The average Bonchev–Trinajstić information content (AvgIpc) is 2.70. The van der Waals surface area contributed by atoms with Gasteiger partial charge < -0.3 is 15.1 Å². The number of carboxylic acids is 1. The maximum atomic E-state index is 13.2. The van der Waals surface area contributed by atoms with Crippen molar-refractivity contribution in [3.05, 3.63) is 71.8 Å². The summed E-state index contributed by atoms with van der Waals surface area (Å²) >= 11 is 0. The highest BCUT2D eigenvalue weighted by atomic mass is 16.4. The van der Waals surface area contributed by atoms with Gasteiger partial charge in [0.2, 0.25) is 5.91 Å². The van der Waals surface area contributed by atoms with E-state index in [-0.39, 0.29) is 25.3 Å². The van der Waals surface area contributed by atoms with Crippen LogP contribution in [0.3, 0.4) is 0 Å². The summed E-state index contributed by atoms with van der Waals surface area (Å²) in [7, 11) is 0. The Morgan fingerprint density at radius 3 is 2.18 bits per heavy atom. The van der Waals surface area contributed by atoms with E-state index in [1.54, 1.807) is 4.90 Å². The van der Waals surface area contributed by atoms with Gasteiger partial charge in [0.05, 0.1) is 11.5 Å². The van der Waals surface area contributed by atoms with E-state index < -0.39 is 22.9 Å². The number of hydrogen-bond donors (Lipinski definition) is 2. The number of amides is 1. The van der Waals surface area contributed by atoms with Crippen LogP contribution in [0.5, 0.6) is 0 Å². The van der Waals surface area contributed by atoms with Crippen molar-refractivity contribution in [2.24, 2.45) is 5.41 Å². The summed E-state index contributed by atoms with van der Waals surface area (Å²) in [4.78, 5) is 26.9. The molecule has 28 heavy (non-hydrogen) atoms. The van der Waals surface area contributed by atoms with Gasteiger partial charge in [-0.3, -0.25) is 9.59 Å². The van der Waals surface area contributed by atoms with E-state index in [1.165, 1.54) is 0 Å². The zero-order valence-corrected chi connectivity index (χ0v) is 16.3. The summed E-state index contributed by atoms with van der Waals surface area (Å²) in [5, 5.41) is 20.8. The quantitative estimate of drug-likeness (QED) is 0.835. The molecule has 0 aromatic heterocycles. The second-order valence-electron chi connectivity index (χ2n) is 8.13. The fourth-order valence-corrected chi connectivity index (χ4v) is 4.03. The Hall–Kier alpha value is -2.66. The molecule has 3 rings (SSSR count). The average molecular weight is 381 g/mol. The summed E-state index contributed by atoms with van der Waals surface area (Å²) in [6.45, 7) is 4.06. The minimum atomic E-state index is -1.28. The Morgan fingerprint density at radius 2 is 1.64 bits per heavy atom. The molecule has 1 saturated heterocycles. The third kappa shape index (κ3) is 3.67. The number of likely N-dealkylation sites (tertiary alicyclic amines) is 1. The van der Waals surface area contributed by atoms with Crippen LogP contribution < -0.4 is 0 Å². The molecule has 5 nitrogen and oxygen atoms in total. The highest BCUT2D eigenvalue weighted by Gasteiger charge is 2.50. The summed E-state index contributed by atoms with van der Waals surface area (Å²) in [6, 6.07) is 18.8. The third-order valence-corrected chi connectivity index (χ3v) is 5.96. The van der Waals surface area contributed by atoms with Crippen LogP contribution in [0.25, 0.3) is 0 Å². The number of piperidine rings is 1. The van der Waals surface area contributed by atoms with E-state index in [2.05, 4.69) is 0 Å². The molecular weight excluding hydrogens is 354 g/mol. The number of carbonyl (C=O) groups is 2. The Labute approximate surface area is 165 Å². The minimum absolute atomic E-state index is 0.0221. The molecule has 1 amide bonds. The molecule has 148 valence electrons. The summed E-state index contributed by atoms with van der Waals surface area (Å²) in [6.07, 6.45) is -0.668. The van der Waals surface area contributed by atoms with Crippen LogP contribution in [0.4, 0.5) is 0 Å². The molecule has 1 aliphatic rings. The normalized spacial score (nSPS) is 22.7. The topological polar surface area (TPSA) is 77.8 Å². The van der Waals surface area contributed by atoms with Crippen molar-refractivity contribution in [1.82, 2.24) is 4.90 Å². The highest BCUT2D eigenvalue weighted by Crippen LogP contribution is 2.37. The molecule has 1 fully saturated rings. The molecular formula is C23H27NO4. The first-order chi connectivity index (χ1) is 13.3. The van der Waals surface area contributed by atoms with Gasteiger partial charge in [-0.15, -0.1) is 0 Å². The van der Waals surface area contributed by atoms with Crippen molar-refractivity contribution in [1.29, 1.82) is 0 Å². The maximum Gasteiger partial charge on any atom is 0.312 e. The molecule has 0 bridgehead atoms. The molecule has 1 heterocycles. The molecule has 0 radical (unpaired) electrons. The van der Waals surface area contributed by atoms with E-state index >= 15 is 0 Å². The zero-order chi connectivity index (χ0) is 20.4. The number of β-amino-alcohol motifs (C(OH)–C–C–N with tert-alkyl or cyclic N) is 1. The van der Waals surface area contributed by atoms with Gasteiger partial charge in [-0.1, -0.05) is 60.7 Å². The number of nitrogens with zero attached hydrogens (tertiary/aromatic N) is 1. The van der Waals surface area contributed by atoms with Gasteiger partial charge in [0.25, 0.3) is 0 Å². The summed E-state index contributed by atoms with van der Waals surface area (Å²) in [5.41, 5.74) is -0.263. The number of rotatable bonds is 5. The summed E-state index contributed by atoms with van der Waals surface area (Å²) < 4.78 is 0. The maximum absolute atomic E-state index is 13.2. The highest BCUT2D eigenvalue weighted by molar-refractivity contribution is 5.88. The van der Waals surface area contributed by atoms with Crippen LogP contribution >= 0.6 is 0 Å². The van der Waals surface area contributed by atoms with E-state index in [1.807, 2.05) is 74.5 Å². The number of hydrogen-bond acceptors (Lipinski definition) is 3. The number of benzene rings is 2. The predicted octanol–water partition coefficient (Wildman–Crippen LogP) is 2.87. The first kappa shape index (κ1) is 20.1. The smallest absolute Gasteiger partial charge is 0.312 e. The van der Waals surface area contributed by atoms with Crippen molar-refractivity contribution in [3.63, 3.8) is 0 Å². The fraction of sp³-hybridized carbons (Fsp3) is 0.391. The first-order valence-electron chi connectivity index (χ1n) is 9.58. The molecule has 5 heteroatoms. The van der Waals surface area contributed by atoms with E-state index in [9.17, 15) is 19.8 Å². The van der Waals surface area contributed by atoms with Gasteiger partial charge in [0, 0.05) is 13.1 Å². The van der Waals surface area contributed by atoms with Crippen LogP contribution in [0.2, 0.25) is 0 Å².